The van der Waals surface area contributed by atoms with Gasteiger partial charge in [0.2, 0.25) is 0 Å². The van der Waals surface area contributed by atoms with Crippen LogP contribution in [0.4, 0.5) is 0 Å². The van der Waals surface area contributed by atoms with Crippen molar-refractivity contribution >= 4 is 0 Å². The first-order valence-corrected chi connectivity index (χ1v) is 7.39. The van der Waals surface area contributed by atoms with Crippen LogP contribution in [0.15, 0.2) is 0 Å². The molecule has 0 bridgehead atoms. The van der Waals surface area contributed by atoms with E-state index in [-0.39, 0.29) is 12.2 Å². The molecule has 1 aliphatic carbocycles. The summed E-state index contributed by atoms with van der Waals surface area (Å²) < 4.78 is 17.2. The molecule has 2 aliphatic rings. The van der Waals surface area contributed by atoms with E-state index in [0.717, 1.165) is 52.2 Å². The van der Waals surface area contributed by atoms with Gasteiger partial charge in [0.15, 0.2) is 0 Å². The first-order chi connectivity index (χ1) is 8.85. The minimum atomic E-state index is 0.245. The van der Waals surface area contributed by atoms with Gasteiger partial charge in [-0.15, -0.1) is 0 Å². The van der Waals surface area contributed by atoms with Crippen molar-refractivity contribution in [2.75, 3.05) is 33.0 Å². The summed E-state index contributed by atoms with van der Waals surface area (Å²) in [4.78, 5) is 0. The number of nitrogens with one attached hydrogen (secondary N) is 1. The molecule has 1 N–H and O–H groups in total. The molecule has 4 heteroatoms. The van der Waals surface area contributed by atoms with E-state index in [1.807, 2.05) is 0 Å². The van der Waals surface area contributed by atoms with Crippen LogP contribution in [-0.4, -0.2) is 51.2 Å². The van der Waals surface area contributed by atoms with Crippen LogP contribution in [0.3, 0.4) is 0 Å². The minimum absolute atomic E-state index is 0.245. The van der Waals surface area contributed by atoms with Gasteiger partial charge in [-0.25, -0.2) is 0 Å². The predicted molar refractivity (Wildman–Crippen MR) is 70.8 cm³/mol. The highest BCUT2D eigenvalue weighted by molar-refractivity contribution is 4.97. The SMILES string of the molecule is CCNC1CC(OCC2CCOCC2)C1OCC. The van der Waals surface area contributed by atoms with Crippen molar-refractivity contribution in [1.82, 2.24) is 5.32 Å². The predicted octanol–water partition coefficient (Wildman–Crippen LogP) is 1.59. The van der Waals surface area contributed by atoms with E-state index in [1.54, 1.807) is 0 Å². The zero-order chi connectivity index (χ0) is 12.8. The average Bonchev–Trinajstić information content (AvgIpc) is 2.40. The van der Waals surface area contributed by atoms with E-state index in [9.17, 15) is 0 Å². The van der Waals surface area contributed by atoms with E-state index in [4.69, 9.17) is 14.2 Å². The summed E-state index contributed by atoms with van der Waals surface area (Å²) in [6.45, 7) is 8.62. The highest BCUT2D eigenvalue weighted by Crippen LogP contribution is 2.28. The van der Waals surface area contributed by atoms with Crippen LogP contribution in [0.1, 0.15) is 33.1 Å². The van der Waals surface area contributed by atoms with E-state index in [1.165, 1.54) is 0 Å². The van der Waals surface area contributed by atoms with E-state index in [0.29, 0.717) is 12.0 Å². The van der Waals surface area contributed by atoms with E-state index >= 15 is 0 Å². The average molecular weight is 257 g/mol. The van der Waals surface area contributed by atoms with Crippen molar-refractivity contribution < 1.29 is 14.2 Å². The smallest absolute Gasteiger partial charge is 0.0990 e. The van der Waals surface area contributed by atoms with Gasteiger partial charge in [-0.3, -0.25) is 0 Å². The van der Waals surface area contributed by atoms with Gasteiger partial charge in [0.25, 0.3) is 0 Å². The summed E-state index contributed by atoms with van der Waals surface area (Å²) in [6, 6.07) is 0.481. The van der Waals surface area contributed by atoms with Gasteiger partial charge in [0.1, 0.15) is 0 Å². The van der Waals surface area contributed by atoms with E-state index in [2.05, 4.69) is 19.2 Å². The molecular formula is C14H27NO3. The number of likely N-dealkylation sites (N-methyl/N-ethyl adjacent to an activating group) is 1. The summed E-state index contributed by atoms with van der Waals surface area (Å²) in [7, 11) is 0. The molecular weight excluding hydrogens is 230 g/mol. The first kappa shape index (κ1) is 14.3. The Morgan fingerprint density at radius 2 is 1.94 bits per heavy atom. The van der Waals surface area contributed by atoms with Crippen molar-refractivity contribution in [3.63, 3.8) is 0 Å². The zero-order valence-corrected chi connectivity index (χ0v) is 11.7. The molecule has 1 saturated carbocycles. The van der Waals surface area contributed by atoms with Crippen LogP contribution in [0.25, 0.3) is 0 Å². The maximum absolute atomic E-state index is 6.04. The molecule has 0 spiro atoms. The maximum Gasteiger partial charge on any atom is 0.0990 e. The van der Waals surface area contributed by atoms with Crippen LogP contribution in [-0.2, 0) is 14.2 Å². The molecule has 1 aliphatic heterocycles. The lowest BCUT2D eigenvalue weighted by Crippen LogP contribution is -2.60. The fraction of sp³-hybridized carbons (Fsp3) is 1.00. The summed E-state index contributed by atoms with van der Waals surface area (Å²) in [6.07, 6.45) is 3.90. The lowest BCUT2D eigenvalue weighted by molar-refractivity contribution is -0.153. The van der Waals surface area contributed by atoms with Crippen molar-refractivity contribution in [3.05, 3.63) is 0 Å². The monoisotopic (exact) mass is 257 g/mol. The molecule has 18 heavy (non-hydrogen) atoms. The number of hydrogen-bond donors (Lipinski definition) is 1. The molecule has 0 aromatic carbocycles. The van der Waals surface area contributed by atoms with Gasteiger partial charge in [-0.1, -0.05) is 6.92 Å². The van der Waals surface area contributed by atoms with Gasteiger partial charge in [-0.2, -0.15) is 0 Å². The van der Waals surface area contributed by atoms with Crippen molar-refractivity contribution in [1.29, 1.82) is 0 Å². The Hall–Kier alpha value is -0.160. The second-order valence-electron chi connectivity index (χ2n) is 5.25. The van der Waals surface area contributed by atoms with Crippen molar-refractivity contribution in [2.45, 2.75) is 51.4 Å². The summed E-state index contributed by atoms with van der Waals surface area (Å²) >= 11 is 0. The fourth-order valence-electron chi connectivity index (χ4n) is 2.80. The largest absolute Gasteiger partial charge is 0.381 e. The van der Waals surface area contributed by atoms with Crippen LogP contribution in [0, 0.1) is 5.92 Å². The lowest BCUT2D eigenvalue weighted by atomic mass is 9.85. The van der Waals surface area contributed by atoms with Crippen molar-refractivity contribution in [3.8, 4) is 0 Å². The second kappa shape index (κ2) is 7.43. The Morgan fingerprint density at radius 3 is 2.61 bits per heavy atom. The summed E-state index contributed by atoms with van der Waals surface area (Å²) in [5, 5.41) is 3.46. The quantitative estimate of drug-likeness (QED) is 0.752. The third-order valence-corrected chi connectivity index (χ3v) is 3.96. The molecule has 0 aromatic rings. The number of hydrogen-bond acceptors (Lipinski definition) is 4. The molecule has 106 valence electrons. The van der Waals surface area contributed by atoms with E-state index < -0.39 is 0 Å². The standard InChI is InChI=1S/C14H27NO3/c1-3-15-12-9-13(14(12)17-4-2)18-10-11-5-7-16-8-6-11/h11-15H,3-10H2,1-2H3. The second-order valence-corrected chi connectivity index (χ2v) is 5.25. The molecule has 2 fully saturated rings. The Labute approximate surface area is 110 Å². The van der Waals surface area contributed by atoms with Crippen molar-refractivity contribution in [2.24, 2.45) is 5.92 Å². The number of rotatable bonds is 7. The molecule has 1 saturated heterocycles. The van der Waals surface area contributed by atoms with Crippen LogP contribution in [0.5, 0.6) is 0 Å². The third-order valence-electron chi connectivity index (χ3n) is 3.96. The third kappa shape index (κ3) is 3.67. The fourth-order valence-corrected chi connectivity index (χ4v) is 2.80. The van der Waals surface area contributed by atoms with Crippen LogP contribution in [0.2, 0.25) is 0 Å². The lowest BCUT2D eigenvalue weighted by Gasteiger charge is -2.44. The Morgan fingerprint density at radius 1 is 1.17 bits per heavy atom. The number of ether oxygens (including phenoxy) is 3. The molecule has 4 nitrogen and oxygen atoms in total. The van der Waals surface area contributed by atoms with Gasteiger partial charge >= 0.3 is 0 Å². The van der Waals surface area contributed by atoms with Crippen LogP contribution >= 0.6 is 0 Å². The maximum atomic E-state index is 6.04. The molecule has 3 unspecified atom stereocenters. The molecule has 1 heterocycles. The molecule has 0 aromatic heterocycles. The first-order valence-electron chi connectivity index (χ1n) is 7.39. The van der Waals surface area contributed by atoms with Crippen LogP contribution < -0.4 is 5.32 Å². The minimum Gasteiger partial charge on any atom is -0.381 e. The Kier molecular flexibility index (Phi) is 5.89. The van der Waals surface area contributed by atoms with Gasteiger partial charge in [0, 0.05) is 25.9 Å². The highest BCUT2D eigenvalue weighted by Gasteiger charge is 2.42. The molecule has 2 rings (SSSR count). The van der Waals surface area contributed by atoms with Gasteiger partial charge in [0.05, 0.1) is 18.8 Å². The normalized spacial score (nSPS) is 33.3. The van der Waals surface area contributed by atoms with Gasteiger partial charge in [-0.05, 0) is 38.6 Å². The zero-order valence-electron chi connectivity index (χ0n) is 11.7. The van der Waals surface area contributed by atoms with Gasteiger partial charge < -0.3 is 19.5 Å². The molecule has 0 amide bonds. The molecule has 3 atom stereocenters. The summed E-state index contributed by atoms with van der Waals surface area (Å²) in [5.74, 6) is 0.680. The highest BCUT2D eigenvalue weighted by atomic mass is 16.5. The molecule has 0 radical (unpaired) electrons. The Balaban J connectivity index is 1.68. The Bertz CT molecular complexity index is 231. The summed E-state index contributed by atoms with van der Waals surface area (Å²) in [5.41, 5.74) is 0. The topological polar surface area (TPSA) is 39.7 Å².